The average molecular weight is 300 g/mol. The molecular weight excluding hydrogens is 286 g/mol. The zero-order valence-electron chi connectivity index (χ0n) is 11.1. The third kappa shape index (κ3) is 4.79. The van der Waals surface area contributed by atoms with Crippen molar-refractivity contribution in [3.8, 4) is 5.88 Å². The lowest BCUT2D eigenvalue weighted by Gasteiger charge is -2.14. The number of rotatable bonds is 7. The normalized spacial score (nSPS) is 13.6. The molecule has 0 bridgehead atoms. The highest BCUT2D eigenvalue weighted by Crippen LogP contribution is 2.30. The summed E-state index contributed by atoms with van der Waals surface area (Å²) in [4.78, 5) is 17.6. The Kier molecular flexibility index (Phi) is 6.18. The Hall–Kier alpha value is -2.58. The zero-order valence-corrected chi connectivity index (χ0v) is 11.1. The van der Waals surface area contributed by atoms with Crippen LogP contribution in [-0.2, 0) is 0 Å². The Labute approximate surface area is 119 Å². The van der Waals surface area contributed by atoms with E-state index in [9.17, 15) is 18.9 Å². The van der Waals surface area contributed by atoms with Gasteiger partial charge < -0.3 is 10.5 Å². The molecule has 21 heavy (non-hydrogen) atoms. The first-order valence-electron chi connectivity index (χ1n) is 5.86. The molecule has 0 radical (unpaired) electrons. The number of pyridine rings is 1. The Balaban J connectivity index is 3.11. The highest BCUT2D eigenvalue weighted by molar-refractivity contribution is 5.75. The lowest BCUT2D eigenvalue weighted by atomic mass is 10.1. The maximum Gasteiger partial charge on any atom is 0.302 e. The van der Waals surface area contributed by atoms with Gasteiger partial charge in [0, 0.05) is 18.2 Å². The van der Waals surface area contributed by atoms with E-state index < -0.39 is 29.5 Å². The van der Waals surface area contributed by atoms with Gasteiger partial charge in [-0.05, 0) is 12.1 Å². The van der Waals surface area contributed by atoms with Gasteiger partial charge in [0.15, 0.2) is 0 Å². The first kappa shape index (κ1) is 16.5. The van der Waals surface area contributed by atoms with Gasteiger partial charge in [0.05, 0.1) is 24.3 Å². The standard InChI is InChI=1S/C12H14F2N4O3/c1-21-12-9(3-2-4-16-12)10(5-11(13)14)17-7-8(6-15)18(19)20/h2-4,6-7,10-11H,5,15H2,1H3/b8-6+,17-7?. The van der Waals surface area contributed by atoms with Crippen molar-refractivity contribution in [1.82, 2.24) is 4.98 Å². The Bertz CT molecular complexity index is 549. The van der Waals surface area contributed by atoms with E-state index in [4.69, 9.17) is 10.5 Å². The highest BCUT2D eigenvalue weighted by atomic mass is 19.3. The monoisotopic (exact) mass is 300 g/mol. The van der Waals surface area contributed by atoms with E-state index in [-0.39, 0.29) is 5.88 Å². The Morgan fingerprint density at radius 1 is 1.67 bits per heavy atom. The first-order valence-corrected chi connectivity index (χ1v) is 5.86. The molecule has 0 saturated carbocycles. The van der Waals surface area contributed by atoms with E-state index in [1.165, 1.54) is 19.4 Å². The van der Waals surface area contributed by atoms with E-state index in [2.05, 4.69) is 9.98 Å². The van der Waals surface area contributed by atoms with Crippen molar-refractivity contribution in [3.05, 3.63) is 45.9 Å². The molecule has 1 heterocycles. The molecular formula is C12H14F2N4O3. The van der Waals surface area contributed by atoms with Crippen molar-refractivity contribution in [2.75, 3.05) is 7.11 Å². The quantitative estimate of drug-likeness (QED) is 0.471. The van der Waals surface area contributed by atoms with Gasteiger partial charge in [0.25, 0.3) is 0 Å². The van der Waals surface area contributed by atoms with Crippen molar-refractivity contribution >= 4 is 6.21 Å². The van der Waals surface area contributed by atoms with Crippen molar-refractivity contribution < 1.29 is 18.4 Å². The van der Waals surface area contributed by atoms with Gasteiger partial charge in [-0.1, -0.05) is 0 Å². The molecule has 1 aromatic heterocycles. The van der Waals surface area contributed by atoms with Crippen LogP contribution in [0.3, 0.4) is 0 Å². The SMILES string of the molecule is COc1ncccc1C(CC(F)F)N=C/C(=C\N)[N+](=O)[O-]. The molecule has 1 aromatic rings. The van der Waals surface area contributed by atoms with Crippen LogP contribution < -0.4 is 10.5 Å². The fourth-order valence-corrected chi connectivity index (χ4v) is 1.58. The van der Waals surface area contributed by atoms with Gasteiger partial charge in [-0.25, -0.2) is 13.8 Å². The molecule has 0 amide bonds. The fourth-order valence-electron chi connectivity index (χ4n) is 1.58. The number of hydrogen-bond acceptors (Lipinski definition) is 6. The van der Waals surface area contributed by atoms with Crippen LogP contribution in [0.25, 0.3) is 0 Å². The van der Waals surface area contributed by atoms with E-state index in [1.807, 2.05) is 0 Å². The van der Waals surface area contributed by atoms with Gasteiger partial charge in [0.1, 0.15) is 6.21 Å². The smallest absolute Gasteiger partial charge is 0.302 e. The van der Waals surface area contributed by atoms with Crippen LogP contribution in [0.1, 0.15) is 18.0 Å². The summed E-state index contributed by atoms with van der Waals surface area (Å²) in [5.41, 5.74) is 4.90. The summed E-state index contributed by atoms with van der Waals surface area (Å²) in [7, 11) is 1.34. The summed E-state index contributed by atoms with van der Waals surface area (Å²) in [5, 5.41) is 10.6. The number of nitrogens with two attached hydrogens (primary N) is 1. The molecule has 1 atom stereocenters. The molecule has 7 nitrogen and oxygen atoms in total. The average Bonchev–Trinajstić information content (AvgIpc) is 2.45. The van der Waals surface area contributed by atoms with Crippen LogP contribution >= 0.6 is 0 Å². The van der Waals surface area contributed by atoms with Crippen LogP contribution in [0.2, 0.25) is 0 Å². The minimum Gasteiger partial charge on any atom is -0.481 e. The van der Waals surface area contributed by atoms with Crippen LogP contribution in [0.5, 0.6) is 5.88 Å². The number of nitro groups is 1. The summed E-state index contributed by atoms with van der Waals surface area (Å²) in [6.45, 7) is 0. The predicted molar refractivity (Wildman–Crippen MR) is 71.9 cm³/mol. The zero-order chi connectivity index (χ0) is 15.8. The van der Waals surface area contributed by atoms with E-state index in [0.29, 0.717) is 5.56 Å². The largest absolute Gasteiger partial charge is 0.481 e. The molecule has 0 fully saturated rings. The lowest BCUT2D eigenvalue weighted by molar-refractivity contribution is -0.414. The summed E-state index contributed by atoms with van der Waals surface area (Å²) in [5.74, 6) is 0.139. The number of halogens is 2. The highest BCUT2D eigenvalue weighted by Gasteiger charge is 2.21. The van der Waals surface area contributed by atoms with Crippen LogP contribution in [0.15, 0.2) is 35.2 Å². The third-order valence-corrected chi connectivity index (χ3v) is 2.52. The van der Waals surface area contributed by atoms with E-state index >= 15 is 0 Å². The molecule has 0 spiro atoms. The topological polar surface area (TPSA) is 104 Å². The minimum absolute atomic E-state index is 0.139. The maximum atomic E-state index is 12.7. The number of allylic oxidation sites excluding steroid dienone is 1. The molecule has 1 unspecified atom stereocenters. The van der Waals surface area contributed by atoms with E-state index in [1.54, 1.807) is 6.07 Å². The fraction of sp³-hybridized carbons (Fsp3) is 0.333. The number of hydrogen-bond donors (Lipinski definition) is 1. The van der Waals surface area contributed by atoms with Crippen molar-refractivity contribution in [1.29, 1.82) is 0 Å². The van der Waals surface area contributed by atoms with Crippen molar-refractivity contribution in [3.63, 3.8) is 0 Å². The predicted octanol–water partition coefficient (Wildman–Crippen LogP) is 1.93. The molecule has 0 aliphatic carbocycles. The second-order valence-electron chi connectivity index (χ2n) is 3.87. The van der Waals surface area contributed by atoms with Gasteiger partial charge >= 0.3 is 5.70 Å². The number of aliphatic imine (C=N–C) groups is 1. The summed E-state index contributed by atoms with van der Waals surface area (Å²) in [6, 6.07) is 2.04. The molecule has 0 aromatic carbocycles. The van der Waals surface area contributed by atoms with Crippen molar-refractivity contribution in [2.45, 2.75) is 18.9 Å². The number of ether oxygens (including phenoxy) is 1. The summed E-state index contributed by atoms with van der Waals surface area (Å²) < 4.78 is 30.3. The molecule has 1 rings (SSSR count). The molecule has 2 N–H and O–H groups in total. The Morgan fingerprint density at radius 3 is 2.90 bits per heavy atom. The van der Waals surface area contributed by atoms with Crippen molar-refractivity contribution in [2.24, 2.45) is 10.7 Å². The minimum atomic E-state index is -2.64. The lowest BCUT2D eigenvalue weighted by Crippen LogP contribution is -2.08. The van der Waals surface area contributed by atoms with Gasteiger partial charge in [-0.15, -0.1) is 0 Å². The molecule has 0 aliphatic heterocycles. The molecule has 0 saturated heterocycles. The number of nitrogens with zero attached hydrogens (tertiary/aromatic N) is 3. The first-order chi connectivity index (χ1) is 9.99. The second-order valence-corrected chi connectivity index (χ2v) is 3.87. The Morgan fingerprint density at radius 2 is 2.38 bits per heavy atom. The van der Waals surface area contributed by atoms with Gasteiger partial charge in [-0.2, -0.15) is 0 Å². The third-order valence-electron chi connectivity index (χ3n) is 2.52. The van der Waals surface area contributed by atoms with Gasteiger partial charge in [0.2, 0.25) is 12.3 Å². The van der Waals surface area contributed by atoms with Crippen LogP contribution in [0, 0.1) is 10.1 Å². The van der Waals surface area contributed by atoms with E-state index in [0.717, 1.165) is 12.4 Å². The van der Waals surface area contributed by atoms with Crippen LogP contribution in [0.4, 0.5) is 8.78 Å². The number of alkyl halides is 2. The maximum absolute atomic E-state index is 12.7. The second kappa shape index (κ2) is 7.88. The summed E-state index contributed by atoms with van der Waals surface area (Å²) in [6.07, 6.45) is -0.233. The summed E-state index contributed by atoms with van der Waals surface area (Å²) >= 11 is 0. The molecule has 114 valence electrons. The van der Waals surface area contributed by atoms with Gasteiger partial charge in [-0.3, -0.25) is 15.1 Å². The number of aromatic nitrogens is 1. The molecule has 9 heteroatoms. The number of methoxy groups -OCH3 is 1. The van der Waals surface area contributed by atoms with Crippen LogP contribution in [-0.4, -0.2) is 29.7 Å². The molecule has 0 aliphatic rings.